The minimum Gasteiger partial charge on any atom is -0.342 e. The third kappa shape index (κ3) is 4.90. The quantitative estimate of drug-likeness (QED) is 0.370. The summed E-state index contributed by atoms with van der Waals surface area (Å²) in [6.45, 7) is 4.47. The predicted octanol–water partition coefficient (Wildman–Crippen LogP) is 4.93. The van der Waals surface area contributed by atoms with E-state index in [0.717, 1.165) is 55.4 Å². The first-order valence-electron chi connectivity index (χ1n) is 12.1. The number of amides is 1. The monoisotopic (exact) mass is 481 g/mol. The highest BCUT2D eigenvalue weighted by molar-refractivity contribution is 7.99. The van der Waals surface area contributed by atoms with Gasteiger partial charge < -0.3 is 4.90 Å². The number of hydrogen-bond acceptors (Lipinski definition) is 5. The maximum atomic E-state index is 13.7. The Balaban J connectivity index is 1.44. The summed E-state index contributed by atoms with van der Waals surface area (Å²) < 4.78 is 1.83. The highest BCUT2D eigenvalue weighted by atomic mass is 32.2. The molecule has 1 saturated heterocycles. The fraction of sp³-hybridized carbons (Fsp3) is 0.500. The number of carbonyl (C=O) groups is 1. The minimum absolute atomic E-state index is 0.0666. The van der Waals surface area contributed by atoms with Crippen LogP contribution in [0.5, 0.6) is 0 Å². The van der Waals surface area contributed by atoms with Gasteiger partial charge in [0, 0.05) is 24.5 Å². The molecule has 3 heterocycles. The molecule has 2 aliphatic rings. The van der Waals surface area contributed by atoms with Crippen LogP contribution in [0.25, 0.3) is 10.2 Å². The van der Waals surface area contributed by atoms with E-state index in [1.807, 2.05) is 27.7 Å². The number of aromatic nitrogens is 2. The highest BCUT2D eigenvalue weighted by Gasteiger charge is 2.24. The van der Waals surface area contributed by atoms with Gasteiger partial charge in [-0.05, 0) is 62.0 Å². The molecule has 0 bridgehead atoms. The van der Waals surface area contributed by atoms with Crippen molar-refractivity contribution in [3.8, 4) is 0 Å². The molecule has 5 nitrogen and oxygen atoms in total. The van der Waals surface area contributed by atoms with Gasteiger partial charge in [0.25, 0.3) is 5.56 Å². The molecule has 7 heteroatoms. The van der Waals surface area contributed by atoms with Crippen LogP contribution in [0.15, 0.2) is 40.3 Å². The zero-order valence-corrected chi connectivity index (χ0v) is 20.8. The van der Waals surface area contributed by atoms with Crippen LogP contribution in [0.1, 0.15) is 48.6 Å². The molecule has 0 unspecified atom stereocenters. The summed E-state index contributed by atoms with van der Waals surface area (Å²) in [4.78, 5) is 35.7. The summed E-state index contributed by atoms with van der Waals surface area (Å²) in [7, 11) is 0. The van der Waals surface area contributed by atoms with Crippen molar-refractivity contribution in [3.05, 3.63) is 56.7 Å². The van der Waals surface area contributed by atoms with Gasteiger partial charge in [-0.25, -0.2) is 4.98 Å². The van der Waals surface area contributed by atoms with Crippen LogP contribution >= 0.6 is 23.1 Å². The zero-order valence-electron chi connectivity index (χ0n) is 19.2. The van der Waals surface area contributed by atoms with Gasteiger partial charge in [-0.15, -0.1) is 11.3 Å². The van der Waals surface area contributed by atoms with Gasteiger partial charge in [0.2, 0.25) is 5.91 Å². The van der Waals surface area contributed by atoms with Crippen molar-refractivity contribution < 1.29 is 4.79 Å². The lowest BCUT2D eigenvalue weighted by Crippen LogP contribution is -2.40. The number of fused-ring (bicyclic) bond motifs is 3. The van der Waals surface area contributed by atoms with Crippen LogP contribution in [0, 0.1) is 5.92 Å². The average Bonchev–Trinajstić information content (AvgIpc) is 3.21. The Kier molecular flexibility index (Phi) is 6.88. The maximum absolute atomic E-state index is 13.7. The molecule has 3 aromatic rings. The molecule has 0 N–H and O–H groups in total. The zero-order chi connectivity index (χ0) is 22.8. The number of thiophene rings is 1. The highest BCUT2D eigenvalue weighted by Crippen LogP contribution is 2.34. The SMILES string of the molecule is C[C@@H]1CCCN(C(=O)CSc2nc3sc4c(c3c(=O)n2CCc2ccccc2)CCCC4)C1. The van der Waals surface area contributed by atoms with Crippen molar-refractivity contribution in [2.24, 2.45) is 5.92 Å². The molecule has 5 rings (SSSR count). The lowest BCUT2D eigenvalue weighted by atomic mass is 9.97. The van der Waals surface area contributed by atoms with Gasteiger partial charge in [-0.2, -0.15) is 0 Å². The Labute approximate surface area is 203 Å². The standard InChI is InChI=1S/C26H31N3O2S2/c1-18-8-7-14-28(16-18)22(30)17-32-26-27-24-23(20-11-5-6-12-21(20)33-24)25(31)29(26)15-13-19-9-3-2-4-10-19/h2-4,9-10,18H,5-8,11-17H2,1H3/t18-/m1/s1. The number of rotatable bonds is 6. The largest absolute Gasteiger partial charge is 0.342 e. The number of thioether (sulfide) groups is 1. The van der Waals surface area contributed by atoms with Crippen molar-refractivity contribution in [1.29, 1.82) is 0 Å². The van der Waals surface area contributed by atoms with Crippen molar-refractivity contribution in [1.82, 2.24) is 14.5 Å². The number of hydrogen-bond donors (Lipinski definition) is 0. The second-order valence-electron chi connectivity index (χ2n) is 9.35. The third-order valence-corrected chi connectivity index (χ3v) is 8.99. The normalized spacial score (nSPS) is 18.5. The Bertz CT molecular complexity index is 1200. The molecular formula is C26H31N3O2S2. The molecular weight excluding hydrogens is 450 g/mol. The van der Waals surface area contributed by atoms with Gasteiger partial charge in [-0.3, -0.25) is 14.2 Å². The Morgan fingerprint density at radius 2 is 2.00 bits per heavy atom. The number of likely N-dealkylation sites (tertiary alicyclic amines) is 1. The fourth-order valence-corrected chi connectivity index (χ4v) is 7.28. The van der Waals surface area contributed by atoms with E-state index in [9.17, 15) is 9.59 Å². The number of nitrogens with zero attached hydrogens (tertiary/aromatic N) is 3. The van der Waals surface area contributed by atoms with Crippen molar-refractivity contribution >= 4 is 39.2 Å². The van der Waals surface area contributed by atoms with Gasteiger partial charge in [-0.1, -0.05) is 49.0 Å². The molecule has 1 atom stereocenters. The van der Waals surface area contributed by atoms with E-state index in [2.05, 4.69) is 19.1 Å². The van der Waals surface area contributed by atoms with E-state index in [4.69, 9.17) is 4.98 Å². The average molecular weight is 482 g/mol. The third-order valence-electron chi connectivity index (χ3n) is 6.84. The molecule has 1 aromatic carbocycles. The van der Waals surface area contributed by atoms with E-state index in [-0.39, 0.29) is 11.5 Å². The Morgan fingerprint density at radius 3 is 2.82 bits per heavy atom. The lowest BCUT2D eigenvalue weighted by Gasteiger charge is -2.30. The molecule has 1 amide bonds. The predicted molar refractivity (Wildman–Crippen MR) is 136 cm³/mol. The fourth-order valence-electron chi connectivity index (χ4n) is 5.05. The van der Waals surface area contributed by atoms with E-state index < -0.39 is 0 Å². The summed E-state index contributed by atoms with van der Waals surface area (Å²) in [5.41, 5.74) is 2.49. The number of piperidine rings is 1. The van der Waals surface area contributed by atoms with Crippen molar-refractivity contribution in [3.63, 3.8) is 0 Å². The first kappa shape index (κ1) is 22.7. The summed E-state index contributed by atoms with van der Waals surface area (Å²) in [6, 6.07) is 10.3. The second-order valence-corrected chi connectivity index (χ2v) is 11.4. The summed E-state index contributed by atoms with van der Waals surface area (Å²) in [5.74, 6) is 1.05. The van der Waals surface area contributed by atoms with Crippen LogP contribution in [0.2, 0.25) is 0 Å². The van der Waals surface area contributed by atoms with E-state index in [1.165, 1.54) is 40.6 Å². The van der Waals surface area contributed by atoms with Crippen LogP contribution < -0.4 is 5.56 Å². The summed E-state index contributed by atoms with van der Waals surface area (Å²) >= 11 is 3.11. The summed E-state index contributed by atoms with van der Waals surface area (Å²) in [6.07, 6.45) is 7.39. The molecule has 0 radical (unpaired) electrons. The first-order valence-corrected chi connectivity index (χ1v) is 13.9. The molecule has 33 heavy (non-hydrogen) atoms. The smallest absolute Gasteiger partial charge is 0.263 e. The number of benzene rings is 1. The summed E-state index contributed by atoms with van der Waals surface area (Å²) in [5, 5.41) is 1.50. The van der Waals surface area contributed by atoms with Crippen LogP contribution in [-0.4, -0.2) is 39.2 Å². The van der Waals surface area contributed by atoms with E-state index in [0.29, 0.717) is 23.4 Å². The van der Waals surface area contributed by atoms with E-state index >= 15 is 0 Å². The molecule has 1 aliphatic heterocycles. The van der Waals surface area contributed by atoms with Crippen molar-refractivity contribution in [2.75, 3.05) is 18.8 Å². The molecule has 0 saturated carbocycles. The molecule has 0 spiro atoms. The minimum atomic E-state index is 0.0666. The van der Waals surface area contributed by atoms with Crippen molar-refractivity contribution in [2.45, 2.75) is 63.6 Å². The van der Waals surface area contributed by atoms with E-state index in [1.54, 1.807) is 11.3 Å². The first-order chi connectivity index (χ1) is 16.1. The Hall–Kier alpha value is -2.12. The van der Waals surface area contributed by atoms with Gasteiger partial charge in [0.15, 0.2) is 5.16 Å². The van der Waals surface area contributed by atoms with Crippen LogP contribution in [-0.2, 0) is 30.6 Å². The molecule has 1 fully saturated rings. The lowest BCUT2D eigenvalue weighted by molar-refractivity contribution is -0.130. The number of carbonyl (C=O) groups excluding carboxylic acids is 1. The van der Waals surface area contributed by atoms with Gasteiger partial charge in [0.1, 0.15) is 4.83 Å². The molecule has 174 valence electrons. The van der Waals surface area contributed by atoms with Gasteiger partial charge >= 0.3 is 0 Å². The maximum Gasteiger partial charge on any atom is 0.263 e. The Morgan fingerprint density at radius 1 is 1.18 bits per heavy atom. The topological polar surface area (TPSA) is 55.2 Å². The molecule has 2 aromatic heterocycles. The number of aryl methyl sites for hydroxylation is 3. The van der Waals surface area contributed by atoms with Crippen LogP contribution in [0.3, 0.4) is 0 Å². The van der Waals surface area contributed by atoms with Crippen LogP contribution in [0.4, 0.5) is 0 Å². The second kappa shape index (κ2) is 10.0. The van der Waals surface area contributed by atoms with Gasteiger partial charge in [0.05, 0.1) is 11.1 Å². The molecule has 1 aliphatic carbocycles.